The molecule has 0 bridgehead atoms. The van der Waals surface area contributed by atoms with Gasteiger partial charge in [0.1, 0.15) is 18.5 Å². The van der Waals surface area contributed by atoms with Gasteiger partial charge in [-0.05, 0) is 41.5 Å². The van der Waals surface area contributed by atoms with E-state index in [0.29, 0.717) is 5.75 Å². The zero-order valence-electron chi connectivity index (χ0n) is 22.7. The van der Waals surface area contributed by atoms with Crippen LogP contribution in [0.15, 0.2) is 42.5 Å². The van der Waals surface area contributed by atoms with Gasteiger partial charge in [0, 0.05) is 11.4 Å². The molecule has 0 radical (unpaired) electrons. The minimum Gasteiger partial charge on any atom is -0.490 e. The second kappa shape index (κ2) is 10.7. The van der Waals surface area contributed by atoms with Crippen molar-refractivity contribution in [1.82, 2.24) is 5.32 Å². The number of fused-ring (bicyclic) bond motifs is 1. The number of hydrogen-bond donors (Lipinski definition) is 2. The summed E-state index contributed by atoms with van der Waals surface area (Å²) in [4.78, 5) is 13.3. The average molecular weight is 472 g/mol. The zero-order valence-corrected chi connectivity index (χ0v) is 22.7. The Balaban J connectivity index is 2.16. The number of nitrogens with one attached hydrogen (secondary N) is 1. The van der Waals surface area contributed by atoms with Crippen molar-refractivity contribution in [2.45, 2.75) is 87.6 Å². The quantitative estimate of drug-likeness (QED) is 0.320. The van der Waals surface area contributed by atoms with Crippen molar-refractivity contribution in [3.05, 3.63) is 42.5 Å². The fourth-order valence-corrected chi connectivity index (χ4v) is 4.17. The van der Waals surface area contributed by atoms with Gasteiger partial charge in [0.05, 0.1) is 5.92 Å². The Morgan fingerprint density at radius 2 is 1.53 bits per heavy atom. The summed E-state index contributed by atoms with van der Waals surface area (Å²) in [7, 11) is 0. The molecule has 34 heavy (non-hydrogen) atoms. The van der Waals surface area contributed by atoms with Crippen LogP contribution in [0.3, 0.4) is 0 Å². The first-order chi connectivity index (χ1) is 15.6. The van der Waals surface area contributed by atoms with Gasteiger partial charge in [-0.1, -0.05) is 91.8 Å². The molecule has 0 saturated carbocycles. The van der Waals surface area contributed by atoms with E-state index in [9.17, 15) is 9.90 Å². The van der Waals surface area contributed by atoms with Gasteiger partial charge in [-0.2, -0.15) is 0 Å². The van der Waals surface area contributed by atoms with Gasteiger partial charge in [-0.25, -0.2) is 0 Å². The van der Waals surface area contributed by atoms with Crippen molar-refractivity contribution in [2.24, 2.45) is 22.2 Å². The molecular formula is C29H45NO4. The molecular weight excluding hydrogens is 426 g/mol. The van der Waals surface area contributed by atoms with Gasteiger partial charge in [-0.3, -0.25) is 10.1 Å². The highest BCUT2D eigenvalue weighted by Crippen LogP contribution is 2.54. The third-order valence-corrected chi connectivity index (χ3v) is 8.17. The lowest BCUT2D eigenvalue weighted by molar-refractivity contribution is -0.174. The van der Waals surface area contributed by atoms with E-state index >= 15 is 0 Å². The fraction of sp³-hybridized carbons (Fsp3) is 0.621. The summed E-state index contributed by atoms with van der Waals surface area (Å²) in [6, 6.07) is 13.8. The normalized spacial score (nSPS) is 15.8. The standard InChI is InChI=1S/C29H45NO4/c1-19(2)30-25(34-26(32)20(3)28(7,8)29(9,10)27(4,5)6)23(31)18-33-24-17-13-15-21-14-11-12-16-22(21)24/h11-17,19-20,23,25,30-31H,18H2,1-10H3. The molecule has 2 N–H and O–H groups in total. The van der Waals surface area contributed by atoms with Crippen LogP contribution in [0.4, 0.5) is 0 Å². The number of ether oxygens (including phenoxy) is 2. The Morgan fingerprint density at radius 3 is 2.12 bits per heavy atom. The van der Waals surface area contributed by atoms with Gasteiger partial charge >= 0.3 is 5.97 Å². The molecule has 0 aliphatic heterocycles. The van der Waals surface area contributed by atoms with E-state index in [0.717, 1.165) is 10.8 Å². The largest absolute Gasteiger partial charge is 0.490 e. The van der Waals surface area contributed by atoms with Crippen LogP contribution in [0.5, 0.6) is 5.75 Å². The summed E-state index contributed by atoms with van der Waals surface area (Å²) in [5, 5.41) is 16.2. The SMILES string of the molecule is CC(C)NC(OC(=O)C(C)C(C)(C)C(C)(C)C(C)(C)C)C(O)COc1cccc2ccccc12. The molecule has 0 fully saturated rings. The van der Waals surface area contributed by atoms with E-state index in [2.05, 4.69) is 53.8 Å². The summed E-state index contributed by atoms with van der Waals surface area (Å²) in [5.41, 5.74) is -0.489. The third-order valence-electron chi connectivity index (χ3n) is 8.17. The van der Waals surface area contributed by atoms with Crippen LogP contribution in [-0.2, 0) is 9.53 Å². The van der Waals surface area contributed by atoms with Crippen LogP contribution in [0.1, 0.15) is 69.2 Å². The third kappa shape index (κ3) is 6.11. The van der Waals surface area contributed by atoms with Crippen LogP contribution in [0.25, 0.3) is 10.8 Å². The highest BCUT2D eigenvalue weighted by Gasteiger charge is 2.50. The summed E-state index contributed by atoms with van der Waals surface area (Å²) in [5.74, 6) is -0.0118. The molecule has 5 heteroatoms. The second-order valence-corrected chi connectivity index (χ2v) is 11.9. The summed E-state index contributed by atoms with van der Waals surface area (Å²) in [6.45, 7) is 21.1. The summed E-state index contributed by atoms with van der Waals surface area (Å²) < 4.78 is 11.8. The Hall–Kier alpha value is -2.11. The predicted octanol–water partition coefficient (Wildman–Crippen LogP) is 6.18. The molecule has 0 aliphatic rings. The fourth-order valence-electron chi connectivity index (χ4n) is 4.17. The van der Waals surface area contributed by atoms with Crippen molar-refractivity contribution in [3.63, 3.8) is 0 Å². The van der Waals surface area contributed by atoms with Crippen LogP contribution >= 0.6 is 0 Å². The molecule has 2 aromatic carbocycles. The first-order valence-electron chi connectivity index (χ1n) is 12.3. The number of carbonyl (C=O) groups is 1. The minimum atomic E-state index is -1.03. The van der Waals surface area contributed by atoms with Crippen molar-refractivity contribution in [1.29, 1.82) is 0 Å². The average Bonchev–Trinajstić information content (AvgIpc) is 2.75. The van der Waals surface area contributed by atoms with E-state index in [4.69, 9.17) is 9.47 Å². The Bertz CT molecular complexity index is 953. The number of benzene rings is 2. The van der Waals surface area contributed by atoms with Gasteiger partial charge in [0.2, 0.25) is 0 Å². The van der Waals surface area contributed by atoms with Gasteiger partial charge in [-0.15, -0.1) is 0 Å². The lowest BCUT2D eigenvalue weighted by atomic mass is 9.52. The van der Waals surface area contributed by atoms with Crippen molar-refractivity contribution >= 4 is 16.7 Å². The highest BCUT2D eigenvalue weighted by atomic mass is 16.6. The maximum atomic E-state index is 13.3. The van der Waals surface area contributed by atoms with Crippen molar-refractivity contribution < 1.29 is 19.4 Å². The first-order valence-corrected chi connectivity index (χ1v) is 12.3. The van der Waals surface area contributed by atoms with Crippen LogP contribution in [0, 0.1) is 22.2 Å². The van der Waals surface area contributed by atoms with Gasteiger partial charge in [0.25, 0.3) is 0 Å². The number of rotatable bonds is 10. The number of esters is 1. The molecule has 0 spiro atoms. The zero-order chi connectivity index (χ0) is 25.9. The van der Waals surface area contributed by atoms with E-state index in [1.165, 1.54) is 0 Å². The topological polar surface area (TPSA) is 67.8 Å². The molecule has 0 aromatic heterocycles. The van der Waals surface area contributed by atoms with E-state index in [-0.39, 0.29) is 40.8 Å². The number of aliphatic hydroxyl groups is 1. The molecule has 3 atom stereocenters. The molecule has 2 rings (SSSR count). The molecule has 0 heterocycles. The number of aliphatic hydroxyl groups excluding tert-OH is 1. The van der Waals surface area contributed by atoms with Crippen LogP contribution < -0.4 is 10.1 Å². The molecule has 190 valence electrons. The lowest BCUT2D eigenvalue weighted by Crippen LogP contribution is -2.52. The smallest absolute Gasteiger partial charge is 0.310 e. The van der Waals surface area contributed by atoms with Gasteiger partial charge < -0.3 is 14.6 Å². The molecule has 0 aliphatic carbocycles. The molecule has 3 unspecified atom stereocenters. The summed E-state index contributed by atoms with van der Waals surface area (Å²) in [6.07, 6.45) is -1.91. The van der Waals surface area contributed by atoms with Crippen molar-refractivity contribution in [3.8, 4) is 5.75 Å². The molecule has 5 nitrogen and oxygen atoms in total. The van der Waals surface area contributed by atoms with Crippen molar-refractivity contribution in [2.75, 3.05) is 6.61 Å². The molecule has 0 saturated heterocycles. The number of carbonyl (C=O) groups excluding carboxylic acids is 1. The maximum absolute atomic E-state index is 13.3. The van der Waals surface area contributed by atoms with E-state index in [1.807, 2.05) is 63.2 Å². The first kappa shape index (κ1) is 28.1. The van der Waals surface area contributed by atoms with Crippen LogP contribution in [0.2, 0.25) is 0 Å². The highest BCUT2D eigenvalue weighted by molar-refractivity contribution is 5.88. The Labute approximate surface area is 206 Å². The second-order valence-electron chi connectivity index (χ2n) is 11.9. The van der Waals surface area contributed by atoms with E-state index < -0.39 is 12.3 Å². The van der Waals surface area contributed by atoms with E-state index in [1.54, 1.807) is 0 Å². The predicted molar refractivity (Wildman–Crippen MR) is 140 cm³/mol. The maximum Gasteiger partial charge on any atom is 0.310 e. The summed E-state index contributed by atoms with van der Waals surface area (Å²) >= 11 is 0. The lowest BCUT2D eigenvalue weighted by Gasteiger charge is -2.53. The molecule has 0 amide bonds. The Kier molecular flexibility index (Phi) is 8.82. The minimum absolute atomic E-state index is 0.00304. The molecule has 2 aromatic rings. The monoisotopic (exact) mass is 471 g/mol. The Morgan fingerprint density at radius 1 is 0.941 bits per heavy atom. The van der Waals surface area contributed by atoms with Gasteiger partial charge in [0.15, 0.2) is 6.23 Å². The number of hydrogen-bond acceptors (Lipinski definition) is 5. The van der Waals surface area contributed by atoms with Crippen LogP contribution in [-0.4, -0.2) is 36.1 Å².